The van der Waals surface area contributed by atoms with Crippen molar-refractivity contribution in [3.8, 4) is 0 Å². The molecule has 0 aliphatic carbocycles. The van der Waals surface area contributed by atoms with Crippen molar-refractivity contribution in [3.05, 3.63) is 27.3 Å². The predicted molar refractivity (Wildman–Crippen MR) is 86.8 cm³/mol. The zero-order valence-electron chi connectivity index (χ0n) is 11.8. The molecule has 5 nitrogen and oxygen atoms in total. The molecule has 6 heteroatoms. The summed E-state index contributed by atoms with van der Waals surface area (Å²) in [5, 5.41) is 11.7. The highest BCUT2D eigenvalue weighted by Gasteiger charge is 2.15. The molecule has 2 N–H and O–H groups in total. The van der Waals surface area contributed by atoms with Gasteiger partial charge in [0.2, 0.25) is 5.91 Å². The number of amides is 1. The SMILES string of the molecule is Cc1cc(I)ccc1NC(=O)CN(C)CC(C)C(=O)O. The molecule has 0 spiro atoms. The van der Waals surface area contributed by atoms with E-state index < -0.39 is 11.9 Å². The Kier molecular flexibility index (Phi) is 6.41. The number of carboxylic acids is 1. The number of hydrogen-bond acceptors (Lipinski definition) is 3. The van der Waals surface area contributed by atoms with Crippen LogP contribution >= 0.6 is 22.6 Å². The van der Waals surface area contributed by atoms with Gasteiger partial charge in [-0.1, -0.05) is 6.92 Å². The number of rotatable bonds is 6. The third kappa shape index (κ3) is 5.46. The minimum absolute atomic E-state index is 0.144. The van der Waals surface area contributed by atoms with Crippen LogP contribution in [0.25, 0.3) is 0 Å². The number of hydrogen-bond donors (Lipinski definition) is 2. The number of benzene rings is 1. The number of aliphatic carboxylic acids is 1. The quantitative estimate of drug-likeness (QED) is 0.731. The third-order valence-electron chi connectivity index (χ3n) is 2.88. The van der Waals surface area contributed by atoms with Gasteiger partial charge in [0.1, 0.15) is 0 Å². The molecule has 20 heavy (non-hydrogen) atoms. The molecule has 1 unspecified atom stereocenters. The Morgan fingerprint density at radius 2 is 2.10 bits per heavy atom. The van der Waals surface area contributed by atoms with Crippen molar-refractivity contribution in [2.45, 2.75) is 13.8 Å². The van der Waals surface area contributed by atoms with Crippen LogP contribution in [-0.2, 0) is 9.59 Å². The highest BCUT2D eigenvalue weighted by Crippen LogP contribution is 2.17. The first-order chi connectivity index (χ1) is 9.29. The van der Waals surface area contributed by atoms with E-state index >= 15 is 0 Å². The second kappa shape index (κ2) is 7.58. The van der Waals surface area contributed by atoms with Crippen LogP contribution in [0.2, 0.25) is 0 Å². The third-order valence-corrected chi connectivity index (χ3v) is 3.55. The Morgan fingerprint density at radius 1 is 1.45 bits per heavy atom. The molecular weight excluding hydrogens is 371 g/mol. The Balaban J connectivity index is 2.53. The number of carbonyl (C=O) groups is 2. The molecule has 0 heterocycles. The zero-order valence-corrected chi connectivity index (χ0v) is 14.0. The lowest BCUT2D eigenvalue weighted by atomic mass is 10.2. The van der Waals surface area contributed by atoms with Crippen LogP contribution in [0.3, 0.4) is 0 Å². The minimum atomic E-state index is -0.856. The van der Waals surface area contributed by atoms with Gasteiger partial charge in [0.05, 0.1) is 12.5 Å². The summed E-state index contributed by atoms with van der Waals surface area (Å²) in [5.74, 6) is -1.49. The lowest BCUT2D eigenvalue weighted by Crippen LogP contribution is -2.35. The van der Waals surface area contributed by atoms with Crippen LogP contribution in [-0.4, -0.2) is 42.0 Å². The summed E-state index contributed by atoms with van der Waals surface area (Å²) in [6, 6.07) is 5.79. The highest BCUT2D eigenvalue weighted by atomic mass is 127. The Hall–Kier alpha value is -1.15. The van der Waals surface area contributed by atoms with Crippen LogP contribution in [0.15, 0.2) is 18.2 Å². The molecule has 0 aliphatic rings. The van der Waals surface area contributed by atoms with Gasteiger partial charge < -0.3 is 10.4 Å². The number of halogens is 1. The molecule has 1 rings (SSSR count). The number of anilines is 1. The van der Waals surface area contributed by atoms with E-state index in [-0.39, 0.29) is 12.5 Å². The molecule has 0 aromatic heterocycles. The summed E-state index contributed by atoms with van der Waals surface area (Å²) in [6.45, 7) is 4.07. The Bertz CT molecular complexity index is 505. The molecule has 0 bridgehead atoms. The molecule has 0 radical (unpaired) electrons. The molecule has 1 amide bonds. The number of carboxylic acid groups (broad SMARTS) is 1. The smallest absolute Gasteiger partial charge is 0.307 e. The van der Waals surface area contributed by atoms with Crippen LogP contribution in [0.5, 0.6) is 0 Å². The standard InChI is InChI=1S/C14H19IN2O3/c1-9-6-11(15)4-5-12(9)16-13(18)8-17(3)7-10(2)14(19)20/h4-6,10H,7-8H2,1-3H3,(H,16,18)(H,19,20). The summed E-state index contributed by atoms with van der Waals surface area (Å²) in [4.78, 5) is 24.4. The maximum atomic E-state index is 11.9. The number of nitrogens with one attached hydrogen (secondary N) is 1. The fourth-order valence-electron chi connectivity index (χ4n) is 1.81. The molecule has 1 atom stereocenters. The topological polar surface area (TPSA) is 69.6 Å². The Morgan fingerprint density at radius 3 is 2.65 bits per heavy atom. The predicted octanol–water partition coefficient (Wildman–Crippen LogP) is 2.19. The van der Waals surface area contributed by atoms with Crippen LogP contribution in [0.1, 0.15) is 12.5 Å². The second-order valence-corrected chi connectivity index (χ2v) is 6.19. The molecule has 0 saturated carbocycles. The first kappa shape index (κ1) is 16.9. The largest absolute Gasteiger partial charge is 0.481 e. The van der Waals surface area contributed by atoms with E-state index in [0.717, 1.165) is 14.8 Å². The van der Waals surface area contributed by atoms with Gasteiger partial charge in [-0.3, -0.25) is 14.5 Å². The highest BCUT2D eigenvalue weighted by molar-refractivity contribution is 14.1. The molecule has 1 aromatic rings. The summed E-state index contributed by atoms with van der Waals surface area (Å²) in [5.41, 5.74) is 1.79. The summed E-state index contributed by atoms with van der Waals surface area (Å²) >= 11 is 2.22. The van der Waals surface area contributed by atoms with E-state index in [1.165, 1.54) is 0 Å². The number of nitrogens with zero attached hydrogens (tertiary/aromatic N) is 1. The van der Waals surface area contributed by atoms with Crippen molar-refractivity contribution in [1.29, 1.82) is 0 Å². The molecule has 1 aromatic carbocycles. The van der Waals surface area contributed by atoms with Crippen molar-refractivity contribution < 1.29 is 14.7 Å². The van der Waals surface area contributed by atoms with E-state index in [4.69, 9.17) is 5.11 Å². The van der Waals surface area contributed by atoms with Gasteiger partial charge in [-0.15, -0.1) is 0 Å². The first-order valence-corrected chi connectivity index (χ1v) is 7.35. The molecule has 110 valence electrons. The van der Waals surface area contributed by atoms with Crippen LogP contribution < -0.4 is 5.32 Å². The van der Waals surface area contributed by atoms with Crippen molar-refractivity contribution in [2.75, 3.05) is 25.5 Å². The van der Waals surface area contributed by atoms with Crippen molar-refractivity contribution in [2.24, 2.45) is 5.92 Å². The van der Waals surface area contributed by atoms with E-state index in [1.54, 1.807) is 18.9 Å². The van der Waals surface area contributed by atoms with Gasteiger partial charge in [0.15, 0.2) is 0 Å². The average Bonchev–Trinajstić information content (AvgIpc) is 2.32. The molecule has 0 saturated heterocycles. The maximum Gasteiger partial charge on any atom is 0.307 e. The zero-order chi connectivity index (χ0) is 15.3. The van der Waals surface area contributed by atoms with E-state index in [9.17, 15) is 9.59 Å². The van der Waals surface area contributed by atoms with Crippen molar-refractivity contribution in [3.63, 3.8) is 0 Å². The minimum Gasteiger partial charge on any atom is -0.481 e. The molecule has 0 fully saturated rings. The first-order valence-electron chi connectivity index (χ1n) is 6.27. The lowest BCUT2D eigenvalue weighted by Gasteiger charge is -2.18. The van der Waals surface area contributed by atoms with Gasteiger partial charge in [-0.05, 0) is 60.3 Å². The van der Waals surface area contributed by atoms with Gasteiger partial charge >= 0.3 is 5.97 Å². The van der Waals surface area contributed by atoms with Crippen LogP contribution in [0.4, 0.5) is 5.69 Å². The fraction of sp³-hybridized carbons (Fsp3) is 0.429. The summed E-state index contributed by atoms with van der Waals surface area (Å²) in [7, 11) is 1.74. The number of aryl methyl sites for hydroxylation is 1. The lowest BCUT2D eigenvalue weighted by molar-refractivity contribution is -0.141. The molecule has 0 aliphatic heterocycles. The second-order valence-electron chi connectivity index (χ2n) is 4.94. The summed E-state index contributed by atoms with van der Waals surface area (Å²) < 4.78 is 1.12. The Labute approximate surface area is 132 Å². The maximum absolute atomic E-state index is 11.9. The average molecular weight is 390 g/mol. The summed E-state index contributed by atoms with van der Waals surface area (Å²) in [6.07, 6.45) is 0. The van der Waals surface area contributed by atoms with Gasteiger partial charge in [-0.2, -0.15) is 0 Å². The fourth-order valence-corrected chi connectivity index (χ4v) is 2.46. The van der Waals surface area contributed by atoms with Crippen molar-refractivity contribution in [1.82, 2.24) is 4.90 Å². The molecular formula is C14H19IN2O3. The van der Waals surface area contributed by atoms with E-state index in [0.29, 0.717) is 6.54 Å². The number of likely N-dealkylation sites (N-methyl/N-ethyl adjacent to an activating group) is 1. The van der Waals surface area contributed by atoms with Crippen LogP contribution in [0, 0.1) is 16.4 Å². The van der Waals surface area contributed by atoms with E-state index in [2.05, 4.69) is 27.9 Å². The number of carbonyl (C=O) groups excluding carboxylic acids is 1. The van der Waals surface area contributed by atoms with Gasteiger partial charge in [0, 0.05) is 15.8 Å². The normalized spacial score (nSPS) is 12.2. The van der Waals surface area contributed by atoms with E-state index in [1.807, 2.05) is 25.1 Å². The monoisotopic (exact) mass is 390 g/mol. The van der Waals surface area contributed by atoms with Crippen molar-refractivity contribution >= 4 is 40.2 Å². The van der Waals surface area contributed by atoms with Gasteiger partial charge in [0.25, 0.3) is 0 Å². The van der Waals surface area contributed by atoms with Gasteiger partial charge in [-0.25, -0.2) is 0 Å².